The van der Waals surface area contributed by atoms with E-state index in [9.17, 15) is 4.79 Å². The molecule has 0 saturated carbocycles. The number of carbonyl (C=O) groups excluding carboxylic acids is 1. The Kier molecular flexibility index (Phi) is 5.56. The Hall–Kier alpha value is -3.55. The van der Waals surface area contributed by atoms with Crippen LogP contribution in [0.5, 0.6) is 17.2 Å². The van der Waals surface area contributed by atoms with Gasteiger partial charge < -0.3 is 23.6 Å². The second-order valence-electron chi connectivity index (χ2n) is 6.98. The molecule has 0 spiro atoms. The minimum Gasteiger partial charge on any atom is -0.497 e. The van der Waals surface area contributed by atoms with E-state index in [4.69, 9.17) is 18.7 Å². The lowest BCUT2D eigenvalue weighted by Crippen LogP contribution is -2.27. The van der Waals surface area contributed by atoms with E-state index in [2.05, 4.69) is 10.1 Å². The fourth-order valence-electron chi connectivity index (χ4n) is 3.54. The van der Waals surface area contributed by atoms with E-state index >= 15 is 0 Å². The Labute approximate surface area is 174 Å². The number of likely N-dealkylation sites (tertiary alicyclic amines) is 1. The maximum absolute atomic E-state index is 12.5. The zero-order valence-electron chi connectivity index (χ0n) is 17.1. The summed E-state index contributed by atoms with van der Waals surface area (Å²) in [5.74, 6) is 2.95. The molecule has 1 amide bonds. The molecule has 0 radical (unpaired) electrons. The molecule has 4 rings (SSSR count). The average molecular weight is 409 g/mol. The largest absolute Gasteiger partial charge is 0.497 e. The van der Waals surface area contributed by atoms with Gasteiger partial charge in [0.25, 0.3) is 0 Å². The molecule has 1 aromatic heterocycles. The van der Waals surface area contributed by atoms with E-state index in [0.29, 0.717) is 48.2 Å². The molecule has 8 heteroatoms. The van der Waals surface area contributed by atoms with Gasteiger partial charge in [0.15, 0.2) is 0 Å². The lowest BCUT2D eigenvalue weighted by atomic mass is 10.1. The van der Waals surface area contributed by atoms with Gasteiger partial charge in [0.1, 0.15) is 23.3 Å². The number of hydrogen-bond acceptors (Lipinski definition) is 7. The second-order valence-corrected chi connectivity index (χ2v) is 6.98. The van der Waals surface area contributed by atoms with Crippen molar-refractivity contribution in [2.75, 3.05) is 21.3 Å². The summed E-state index contributed by atoms with van der Waals surface area (Å²) in [5.41, 5.74) is 1.72. The SMILES string of the molecule is COc1ccc(CN2C(=O)CCC2c2nc(-c3cc(OC)cc(OC)c3)no2)cc1. The maximum Gasteiger partial charge on any atom is 0.249 e. The van der Waals surface area contributed by atoms with Gasteiger partial charge in [-0.1, -0.05) is 17.3 Å². The number of rotatable bonds is 7. The molecule has 8 nitrogen and oxygen atoms in total. The van der Waals surface area contributed by atoms with Crippen molar-refractivity contribution >= 4 is 5.91 Å². The number of nitrogens with zero attached hydrogens (tertiary/aromatic N) is 3. The molecule has 1 unspecified atom stereocenters. The Bertz CT molecular complexity index is 1010. The topological polar surface area (TPSA) is 86.9 Å². The van der Waals surface area contributed by atoms with Crippen LogP contribution in [0, 0.1) is 0 Å². The molecule has 2 aromatic carbocycles. The zero-order valence-corrected chi connectivity index (χ0v) is 17.1. The molecule has 0 bridgehead atoms. The summed E-state index contributed by atoms with van der Waals surface area (Å²) in [7, 11) is 4.79. The number of amides is 1. The van der Waals surface area contributed by atoms with Gasteiger partial charge in [-0.15, -0.1) is 0 Å². The van der Waals surface area contributed by atoms with Crippen molar-refractivity contribution in [2.45, 2.75) is 25.4 Å². The summed E-state index contributed by atoms with van der Waals surface area (Å²) in [4.78, 5) is 18.9. The van der Waals surface area contributed by atoms with Crippen LogP contribution in [0.3, 0.4) is 0 Å². The van der Waals surface area contributed by atoms with Gasteiger partial charge in [-0.25, -0.2) is 0 Å². The average Bonchev–Trinajstić information content (AvgIpc) is 3.41. The molecule has 1 atom stereocenters. The van der Waals surface area contributed by atoms with E-state index in [1.54, 1.807) is 32.3 Å². The molecular weight excluding hydrogens is 386 g/mol. The Balaban J connectivity index is 1.57. The highest BCUT2D eigenvalue weighted by molar-refractivity contribution is 5.79. The normalized spacial score (nSPS) is 16.0. The van der Waals surface area contributed by atoms with Gasteiger partial charge in [0, 0.05) is 24.6 Å². The van der Waals surface area contributed by atoms with Crippen molar-refractivity contribution < 1.29 is 23.5 Å². The number of aromatic nitrogens is 2. The molecule has 1 saturated heterocycles. The minimum absolute atomic E-state index is 0.0682. The molecule has 0 N–H and O–H groups in total. The van der Waals surface area contributed by atoms with Gasteiger partial charge >= 0.3 is 0 Å². The van der Waals surface area contributed by atoms with Gasteiger partial charge in [-0.2, -0.15) is 4.98 Å². The first kappa shape index (κ1) is 19.8. The van der Waals surface area contributed by atoms with Crippen LogP contribution in [0.2, 0.25) is 0 Å². The number of carbonyl (C=O) groups is 1. The first-order valence-corrected chi connectivity index (χ1v) is 9.60. The minimum atomic E-state index is -0.256. The number of ether oxygens (including phenoxy) is 3. The van der Waals surface area contributed by atoms with E-state index in [1.807, 2.05) is 36.4 Å². The van der Waals surface area contributed by atoms with Gasteiger partial charge in [0.05, 0.1) is 21.3 Å². The first-order valence-electron chi connectivity index (χ1n) is 9.60. The second kappa shape index (κ2) is 8.44. The summed E-state index contributed by atoms with van der Waals surface area (Å²) < 4.78 is 21.4. The van der Waals surface area contributed by atoms with Gasteiger partial charge in [-0.05, 0) is 36.2 Å². The van der Waals surface area contributed by atoms with Crippen LogP contribution in [0.4, 0.5) is 0 Å². The fraction of sp³-hybridized carbons (Fsp3) is 0.318. The molecule has 1 fully saturated rings. The Morgan fingerprint density at radius 1 is 1.00 bits per heavy atom. The third kappa shape index (κ3) is 3.94. The van der Waals surface area contributed by atoms with E-state index < -0.39 is 0 Å². The predicted molar refractivity (Wildman–Crippen MR) is 108 cm³/mol. The quantitative estimate of drug-likeness (QED) is 0.589. The molecule has 30 heavy (non-hydrogen) atoms. The highest BCUT2D eigenvalue weighted by atomic mass is 16.5. The standard InChI is InChI=1S/C22H23N3O5/c1-27-16-6-4-14(5-7-16)13-25-19(8-9-20(25)26)22-23-21(24-30-22)15-10-17(28-2)12-18(11-15)29-3/h4-7,10-12,19H,8-9,13H2,1-3H3. The molecule has 156 valence electrons. The molecule has 1 aliphatic rings. The molecule has 2 heterocycles. The molecule has 3 aromatic rings. The lowest BCUT2D eigenvalue weighted by Gasteiger charge is -2.22. The van der Waals surface area contributed by atoms with Gasteiger partial charge in [-0.3, -0.25) is 4.79 Å². The van der Waals surface area contributed by atoms with Gasteiger partial charge in [0.2, 0.25) is 17.6 Å². The van der Waals surface area contributed by atoms with Crippen LogP contribution in [0.1, 0.15) is 30.3 Å². The van der Waals surface area contributed by atoms with Crippen LogP contribution in [-0.4, -0.2) is 42.3 Å². The van der Waals surface area contributed by atoms with Crippen molar-refractivity contribution in [2.24, 2.45) is 0 Å². The number of hydrogen-bond donors (Lipinski definition) is 0. The Morgan fingerprint density at radius 3 is 2.30 bits per heavy atom. The van der Waals surface area contributed by atoms with Crippen LogP contribution in [-0.2, 0) is 11.3 Å². The Morgan fingerprint density at radius 2 is 1.67 bits per heavy atom. The van der Waals surface area contributed by atoms with Crippen molar-refractivity contribution in [1.29, 1.82) is 0 Å². The van der Waals surface area contributed by atoms with E-state index in [-0.39, 0.29) is 11.9 Å². The van der Waals surface area contributed by atoms with Crippen molar-refractivity contribution in [1.82, 2.24) is 15.0 Å². The summed E-state index contributed by atoms with van der Waals surface area (Å²) in [6, 6.07) is 12.8. The van der Waals surface area contributed by atoms with Crippen LogP contribution in [0.25, 0.3) is 11.4 Å². The monoisotopic (exact) mass is 409 g/mol. The van der Waals surface area contributed by atoms with Crippen molar-refractivity contribution in [3.63, 3.8) is 0 Å². The third-order valence-corrected chi connectivity index (χ3v) is 5.18. The molecule has 1 aliphatic heterocycles. The highest BCUT2D eigenvalue weighted by Crippen LogP contribution is 2.35. The number of methoxy groups -OCH3 is 3. The molecular formula is C22H23N3O5. The van der Waals surface area contributed by atoms with Crippen LogP contribution in [0.15, 0.2) is 47.0 Å². The predicted octanol–water partition coefficient (Wildman–Crippen LogP) is 3.63. The van der Waals surface area contributed by atoms with E-state index in [1.165, 1.54) is 0 Å². The first-order chi connectivity index (χ1) is 14.6. The molecule has 0 aliphatic carbocycles. The highest BCUT2D eigenvalue weighted by Gasteiger charge is 2.36. The summed E-state index contributed by atoms with van der Waals surface area (Å²) in [6.45, 7) is 0.470. The summed E-state index contributed by atoms with van der Waals surface area (Å²) >= 11 is 0. The lowest BCUT2D eigenvalue weighted by molar-refractivity contribution is -0.129. The third-order valence-electron chi connectivity index (χ3n) is 5.18. The summed E-state index contributed by atoms with van der Waals surface area (Å²) in [5, 5.41) is 4.12. The fourth-order valence-corrected chi connectivity index (χ4v) is 3.54. The van der Waals surface area contributed by atoms with Crippen molar-refractivity contribution in [3.05, 3.63) is 53.9 Å². The van der Waals surface area contributed by atoms with E-state index in [0.717, 1.165) is 11.3 Å². The number of benzene rings is 2. The smallest absolute Gasteiger partial charge is 0.249 e. The van der Waals surface area contributed by atoms with Crippen LogP contribution >= 0.6 is 0 Å². The van der Waals surface area contributed by atoms with Crippen molar-refractivity contribution in [3.8, 4) is 28.6 Å². The zero-order chi connectivity index (χ0) is 21.1. The maximum atomic E-state index is 12.5. The van der Waals surface area contributed by atoms with Crippen LogP contribution < -0.4 is 14.2 Å². The summed E-state index contributed by atoms with van der Waals surface area (Å²) in [6.07, 6.45) is 1.09.